The number of hydrogen-bond donors (Lipinski definition) is 0. The van der Waals surface area contributed by atoms with Crippen LogP contribution in [0.3, 0.4) is 0 Å². The minimum Gasteiger partial charge on any atom is -0.381 e. The molecule has 0 N–H and O–H groups in total. The van der Waals surface area contributed by atoms with E-state index >= 15 is 0 Å². The van der Waals surface area contributed by atoms with Crippen LogP contribution in [-0.2, 0) is 14.3 Å². The first kappa shape index (κ1) is 18.3. The summed E-state index contributed by atoms with van der Waals surface area (Å²) < 4.78 is 5.39. The number of amides is 2. The standard InChI is InChI=1S/C21H34N2O3/c24-19(18-7-13-26-14-8-18)23-12-10-21(16-23)9-4-11-22(20(21)25)15-17-5-2-1-3-6-17/h17-18H,1-16H2/t21-/m1/s1. The molecule has 0 aromatic rings. The number of ether oxygens (including phenoxy) is 1. The maximum atomic E-state index is 13.3. The molecule has 3 aliphatic heterocycles. The van der Waals surface area contributed by atoms with Crippen molar-refractivity contribution >= 4 is 11.8 Å². The van der Waals surface area contributed by atoms with E-state index in [-0.39, 0.29) is 17.2 Å². The van der Waals surface area contributed by atoms with E-state index < -0.39 is 0 Å². The highest BCUT2D eigenvalue weighted by molar-refractivity contribution is 5.86. The summed E-state index contributed by atoms with van der Waals surface area (Å²) in [5.41, 5.74) is -0.284. The lowest BCUT2D eigenvalue weighted by molar-refractivity contribution is -0.147. The zero-order valence-corrected chi connectivity index (χ0v) is 16.1. The maximum Gasteiger partial charge on any atom is 0.230 e. The molecule has 0 bridgehead atoms. The number of piperidine rings is 1. The van der Waals surface area contributed by atoms with Crippen LogP contribution in [0.4, 0.5) is 0 Å². The van der Waals surface area contributed by atoms with Crippen LogP contribution in [0.25, 0.3) is 0 Å². The Bertz CT molecular complexity index is 525. The van der Waals surface area contributed by atoms with Gasteiger partial charge in [0, 0.05) is 45.3 Å². The molecular weight excluding hydrogens is 328 g/mol. The lowest BCUT2D eigenvalue weighted by Crippen LogP contribution is -2.52. The second-order valence-corrected chi connectivity index (χ2v) is 9.04. The van der Waals surface area contributed by atoms with Gasteiger partial charge in [0.15, 0.2) is 0 Å². The summed E-state index contributed by atoms with van der Waals surface area (Å²) in [6, 6.07) is 0. The van der Waals surface area contributed by atoms with Crippen LogP contribution in [0.2, 0.25) is 0 Å². The Balaban J connectivity index is 1.38. The Morgan fingerprint density at radius 2 is 1.77 bits per heavy atom. The van der Waals surface area contributed by atoms with Crippen molar-refractivity contribution in [1.82, 2.24) is 9.80 Å². The highest BCUT2D eigenvalue weighted by Gasteiger charge is 2.50. The number of carbonyl (C=O) groups is 2. The first-order chi connectivity index (χ1) is 12.7. The molecule has 1 aliphatic carbocycles. The van der Waals surface area contributed by atoms with Gasteiger partial charge in [-0.25, -0.2) is 0 Å². The van der Waals surface area contributed by atoms with Crippen molar-refractivity contribution in [2.75, 3.05) is 39.4 Å². The monoisotopic (exact) mass is 362 g/mol. The van der Waals surface area contributed by atoms with Crippen LogP contribution in [0, 0.1) is 17.3 Å². The fourth-order valence-electron chi connectivity index (χ4n) is 5.65. The quantitative estimate of drug-likeness (QED) is 0.776. The van der Waals surface area contributed by atoms with Crippen LogP contribution < -0.4 is 0 Å². The molecule has 1 spiro atoms. The van der Waals surface area contributed by atoms with Gasteiger partial charge >= 0.3 is 0 Å². The van der Waals surface area contributed by atoms with Gasteiger partial charge in [0.25, 0.3) is 0 Å². The number of carbonyl (C=O) groups excluding carboxylic acids is 2. The zero-order chi connectivity index (χ0) is 18.0. The van der Waals surface area contributed by atoms with Gasteiger partial charge in [0.05, 0.1) is 5.41 Å². The van der Waals surface area contributed by atoms with E-state index in [1.165, 1.54) is 32.1 Å². The summed E-state index contributed by atoms with van der Waals surface area (Å²) in [5, 5.41) is 0. The van der Waals surface area contributed by atoms with Crippen LogP contribution in [-0.4, -0.2) is 61.0 Å². The third-order valence-electron chi connectivity index (χ3n) is 7.26. The Labute approximate surface area is 157 Å². The summed E-state index contributed by atoms with van der Waals surface area (Å²) in [6.07, 6.45) is 11.2. The molecule has 0 radical (unpaired) electrons. The van der Waals surface area contributed by atoms with Crippen molar-refractivity contribution in [3.8, 4) is 0 Å². The highest BCUT2D eigenvalue weighted by Crippen LogP contribution is 2.41. The van der Waals surface area contributed by atoms with Crippen molar-refractivity contribution < 1.29 is 14.3 Å². The van der Waals surface area contributed by atoms with Crippen LogP contribution in [0.1, 0.15) is 64.2 Å². The van der Waals surface area contributed by atoms with E-state index in [2.05, 4.69) is 4.90 Å². The summed E-state index contributed by atoms with van der Waals surface area (Å²) in [5.74, 6) is 1.42. The Morgan fingerprint density at radius 1 is 1.00 bits per heavy atom. The molecule has 5 nitrogen and oxygen atoms in total. The van der Waals surface area contributed by atoms with Crippen molar-refractivity contribution in [3.05, 3.63) is 0 Å². The van der Waals surface area contributed by atoms with E-state index in [0.29, 0.717) is 31.6 Å². The fraction of sp³-hybridized carbons (Fsp3) is 0.905. The minimum atomic E-state index is -0.284. The van der Waals surface area contributed by atoms with Gasteiger partial charge in [-0.1, -0.05) is 19.3 Å². The van der Waals surface area contributed by atoms with Gasteiger partial charge in [-0.05, 0) is 50.9 Å². The molecule has 4 aliphatic rings. The molecule has 4 rings (SSSR count). The first-order valence-corrected chi connectivity index (χ1v) is 10.8. The largest absolute Gasteiger partial charge is 0.381 e. The first-order valence-electron chi connectivity index (χ1n) is 10.8. The van der Waals surface area contributed by atoms with E-state index in [4.69, 9.17) is 4.74 Å². The molecule has 0 aromatic heterocycles. The van der Waals surface area contributed by atoms with Gasteiger partial charge in [0.2, 0.25) is 11.8 Å². The van der Waals surface area contributed by atoms with Crippen molar-refractivity contribution in [2.24, 2.45) is 17.3 Å². The Morgan fingerprint density at radius 3 is 2.54 bits per heavy atom. The molecule has 26 heavy (non-hydrogen) atoms. The molecule has 2 amide bonds. The minimum absolute atomic E-state index is 0.107. The number of likely N-dealkylation sites (tertiary alicyclic amines) is 2. The molecule has 146 valence electrons. The molecule has 1 atom stereocenters. The van der Waals surface area contributed by atoms with Gasteiger partial charge in [0.1, 0.15) is 0 Å². The average molecular weight is 363 g/mol. The molecule has 3 heterocycles. The summed E-state index contributed by atoms with van der Waals surface area (Å²) >= 11 is 0. The normalized spacial score (nSPS) is 31.8. The Hall–Kier alpha value is -1.10. The zero-order valence-electron chi connectivity index (χ0n) is 16.1. The lowest BCUT2D eigenvalue weighted by atomic mass is 9.77. The third-order valence-corrected chi connectivity index (χ3v) is 7.26. The molecule has 1 saturated carbocycles. The van der Waals surface area contributed by atoms with Crippen LogP contribution >= 0.6 is 0 Å². The highest BCUT2D eigenvalue weighted by atomic mass is 16.5. The topological polar surface area (TPSA) is 49.9 Å². The molecule has 0 unspecified atom stereocenters. The van der Waals surface area contributed by atoms with Crippen molar-refractivity contribution in [1.29, 1.82) is 0 Å². The van der Waals surface area contributed by atoms with E-state index in [1.54, 1.807) is 0 Å². The predicted octanol–water partition coefficient (Wildman–Crippen LogP) is 2.83. The lowest BCUT2D eigenvalue weighted by Gasteiger charge is -2.41. The van der Waals surface area contributed by atoms with Crippen LogP contribution in [0.5, 0.6) is 0 Å². The maximum absolute atomic E-state index is 13.3. The fourth-order valence-corrected chi connectivity index (χ4v) is 5.65. The van der Waals surface area contributed by atoms with Crippen LogP contribution in [0.15, 0.2) is 0 Å². The molecular formula is C21H34N2O3. The third kappa shape index (κ3) is 3.64. The summed E-state index contributed by atoms with van der Waals surface area (Å²) in [6.45, 7) is 4.69. The van der Waals surface area contributed by atoms with Gasteiger partial charge in [-0.15, -0.1) is 0 Å². The molecule has 5 heteroatoms. The number of hydrogen-bond acceptors (Lipinski definition) is 3. The second kappa shape index (κ2) is 7.87. The number of rotatable bonds is 3. The predicted molar refractivity (Wildman–Crippen MR) is 99.6 cm³/mol. The van der Waals surface area contributed by atoms with E-state index in [1.807, 2.05) is 4.90 Å². The average Bonchev–Trinajstić information content (AvgIpc) is 3.12. The summed E-state index contributed by atoms with van der Waals surface area (Å²) in [4.78, 5) is 30.4. The second-order valence-electron chi connectivity index (χ2n) is 9.04. The number of nitrogens with zero attached hydrogens (tertiary/aromatic N) is 2. The van der Waals surface area contributed by atoms with E-state index in [0.717, 1.165) is 51.7 Å². The van der Waals surface area contributed by atoms with Crippen molar-refractivity contribution in [3.63, 3.8) is 0 Å². The van der Waals surface area contributed by atoms with Gasteiger partial charge < -0.3 is 14.5 Å². The molecule has 0 aromatic carbocycles. The van der Waals surface area contributed by atoms with Crippen molar-refractivity contribution in [2.45, 2.75) is 64.2 Å². The Kier molecular flexibility index (Phi) is 5.53. The van der Waals surface area contributed by atoms with Gasteiger partial charge in [-0.3, -0.25) is 9.59 Å². The molecule has 3 saturated heterocycles. The smallest absolute Gasteiger partial charge is 0.230 e. The summed E-state index contributed by atoms with van der Waals surface area (Å²) in [7, 11) is 0. The van der Waals surface area contributed by atoms with Gasteiger partial charge in [-0.2, -0.15) is 0 Å². The SMILES string of the molecule is O=C(C1CCOCC1)N1CC[C@]2(CCCN(CC3CCCCC3)C2=O)C1. The van der Waals surface area contributed by atoms with E-state index in [9.17, 15) is 9.59 Å². The molecule has 4 fully saturated rings.